The maximum atomic E-state index is 12.7. The van der Waals surface area contributed by atoms with Gasteiger partial charge in [-0.3, -0.25) is 9.10 Å². The van der Waals surface area contributed by atoms with E-state index in [1.54, 1.807) is 12.1 Å². The van der Waals surface area contributed by atoms with Gasteiger partial charge in [0.05, 0.1) is 17.5 Å². The Balaban J connectivity index is 1.71. The molecule has 5 nitrogen and oxygen atoms in total. The van der Waals surface area contributed by atoms with Crippen LogP contribution in [0.4, 0.5) is 18.9 Å². The first-order valence-electron chi connectivity index (χ1n) is 8.11. The van der Waals surface area contributed by atoms with Crippen molar-refractivity contribution in [3.63, 3.8) is 0 Å². The minimum absolute atomic E-state index is 0.0463. The third-order valence-corrected chi connectivity index (χ3v) is 5.48. The van der Waals surface area contributed by atoms with Gasteiger partial charge in [0.25, 0.3) is 5.91 Å². The third kappa shape index (κ3) is 4.24. The number of carbonyl (C=O) groups excluding carboxylic acids is 1. The maximum Gasteiger partial charge on any atom is 0.416 e. The molecule has 0 aromatic heterocycles. The minimum atomic E-state index is -4.44. The summed E-state index contributed by atoms with van der Waals surface area (Å²) in [5, 5.41) is 2.59. The average molecular weight is 398 g/mol. The number of nitrogens with one attached hydrogen (secondary N) is 1. The van der Waals surface area contributed by atoms with Gasteiger partial charge >= 0.3 is 6.18 Å². The van der Waals surface area contributed by atoms with Crippen LogP contribution in [0.5, 0.6) is 0 Å². The first-order valence-corrected chi connectivity index (χ1v) is 9.95. The predicted octanol–water partition coefficient (Wildman–Crippen LogP) is 2.96. The molecule has 9 heteroatoms. The predicted molar refractivity (Wildman–Crippen MR) is 95.0 cm³/mol. The Bertz CT molecular complexity index is 988. The van der Waals surface area contributed by atoms with Crippen molar-refractivity contribution in [2.45, 2.75) is 19.1 Å². The van der Waals surface area contributed by atoms with E-state index < -0.39 is 27.7 Å². The summed E-state index contributed by atoms with van der Waals surface area (Å²) >= 11 is 0. The van der Waals surface area contributed by atoms with Gasteiger partial charge in [-0.2, -0.15) is 13.2 Å². The van der Waals surface area contributed by atoms with E-state index >= 15 is 0 Å². The Morgan fingerprint density at radius 1 is 1.19 bits per heavy atom. The van der Waals surface area contributed by atoms with Crippen molar-refractivity contribution in [3.05, 3.63) is 64.7 Å². The summed E-state index contributed by atoms with van der Waals surface area (Å²) in [7, 11) is -3.37. The molecule has 1 aliphatic heterocycles. The molecule has 0 saturated carbocycles. The largest absolute Gasteiger partial charge is 0.416 e. The summed E-state index contributed by atoms with van der Waals surface area (Å²) in [5.74, 6) is -0.437. The van der Waals surface area contributed by atoms with E-state index in [9.17, 15) is 26.4 Å². The van der Waals surface area contributed by atoms with Crippen molar-refractivity contribution in [3.8, 4) is 0 Å². The van der Waals surface area contributed by atoms with E-state index in [0.29, 0.717) is 29.8 Å². The van der Waals surface area contributed by atoms with Crippen LogP contribution in [0, 0.1) is 0 Å². The number of hydrogen-bond acceptors (Lipinski definition) is 3. The summed E-state index contributed by atoms with van der Waals surface area (Å²) < 4.78 is 63.0. The van der Waals surface area contributed by atoms with Crippen LogP contribution in [0.15, 0.2) is 42.5 Å². The number of anilines is 1. The first-order chi connectivity index (χ1) is 12.6. The molecule has 0 saturated heterocycles. The molecule has 0 unspecified atom stereocenters. The van der Waals surface area contributed by atoms with Crippen molar-refractivity contribution in [2.75, 3.05) is 17.1 Å². The molecule has 1 N–H and O–H groups in total. The fourth-order valence-electron chi connectivity index (χ4n) is 3.00. The average Bonchev–Trinajstić information content (AvgIpc) is 3.02. The van der Waals surface area contributed by atoms with Crippen LogP contribution in [-0.2, 0) is 29.2 Å². The smallest absolute Gasteiger partial charge is 0.348 e. The van der Waals surface area contributed by atoms with E-state index in [2.05, 4.69) is 5.32 Å². The van der Waals surface area contributed by atoms with Crippen molar-refractivity contribution in [2.24, 2.45) is 0 Å². The second-order valence-corrected chi connectivity index (χ2v) is 8.22. The van der Waals surface area contributed by atoms with Gasteiger partial charge in [0.15, 0.2) is 0 Å². The molecular formula is C18H17F3N2O3S. The highest BCUT2D eigenvalue weighted by molar-refractivity contribution is 7.92. The summed E-state index contributed by atoms with van der Waals surface area (Å²) in [6.07, 6.45) is -2.82. The Morgan fingerprint density at radius 2 is 1.93 bits per heavy atom. The monoisotopic (exact) mass is 398 g/mol. The molecular weight excluding hydrogens is 381 g/mol. The number of amides is 1. The quantitative estimate of drug-likeness (QED) is 0.861. The zero-order valence-corrected chi connectivity index (χ0v) is 15.2. The van der Waals surface area contributed by atoms with Crippen molar-refractivity contribution >= 4 is 21.6 Å². The first kappa shape index (κ1) is 19.2. The number of benzene rings is 2. The van der Waals surface area contributed by atoms with Gasteiger partial charge in [-0.15, -0.1) is 0 Å². The molecule has 1 heterocycles. The lowest BCUT2D eigenvalue weighted by molar-refractivity contribution is -0.137. The summed E-state index contributed by atoms with van der Waals surface area (Å²) in [6, 6.07) is 9.45. The lowest BCUT2D eigenvalue weighted by Gasteiger charge is -2.16. The number of carbonyl (C=O) groups is 1. The van der Waals surface area contributed by atoms with Gasteiger partial charge in [-0.25, -0.2) is 8.42 Å². The Morgan fingerprint density at radius 3 is 2.59 bits per heavy atom. The van der Waals surface area contributed by atoms with Crippen LogP contribution in [0.2, 0.25) is 0 Å². The zero-order chi connectivity index (χ0) is 19.8. The normalized spacial score (nSPS) is 14.1. The molecule has 0 aliphatic carbocycles. The molecule has 0 radical (unpaired) electrons. The van der Waals surface area contributed by atoms with Gasteiger partial charge in [-0.05, 0) is 47.9 Å². The Hall–Kier alpha value is -2.55. The summed E-state index contributed by atoms with van der Waals surface area (Å²) in [5.41, 5.74) is 1.19. The number of alkyl halides is 3. The number of halogens is 3. The lowest BCUT2D eigenvalue weighted by Crippen LogP contribution is -2.27. The highest BCUT2D eigenvalue weighted by Crippen LogP contribution is 2.31. The van der Waals surface area contributed by atoms with Crippen LogP contribution in [0.25, 0.3) is 0 Å². The topological polar surface area (TPSA) is 66.5 Å². The number of fused-ring (bicyclic) bond motifs is 1. The van der Waals surface area contributed by atoms with E-state index in [-0.39, 0.29) is 6.54 Å². The molecule has 0 spiro atoms. The molecule has 27 heavy (non-hydrogen) atoms. The van der Waals surface area contributed by atoms with E-state index in [1.165, 1.54) is 22.5 Å². The van der Waals surface area contributed by atoms with Gasteiger partial charge in [0.1, 0.15) is 0 Å². The zero-order valence-electron chi connectivity index (χ0n) is 14.4. The standard InChI is InChI=1S/C18H17F3N2O3S/c1-27(25,26)23-8-7-13-10-14(5-6-16(13)23)17(24)22-11-12-3-2-4-15(9-12)18(19,20)21/h2-6,9-10H,7-8,11H2,1H3,(H,22,24). The fraction of sp³-hybridized carbons (Fsp3) is 0.278. The van der Waals surface area contributed by atoms with Crippen molar-refractivity contribution < 1.29 is 26.4 Å². The molecule has 1 aliphatic rings. The second-order valence-electron chi connectivity index (χ2n) is 6.31. The highest BCUT2D eigenvalue weighted by atomic mass is 32.2. The minimum Gasteiger partial charge on any atom is -0.348 e. The number of nitrogens with zero attached hydrogens (tertiary/aromatic N) is 1. The van der Waals surface area contributed by atoms with Gasteiger partial charge in [-0.1, -0.05) is 12.1 Å². The maximum absolute atomic E-state index is 12.7. The highest BCUT2D eigenvalue weighted by Gasteiger charge is 2.30. The second kappa shape index (κ2) is 6.88. The van der Waals surface area contributed by atoms with Gasteiger partial charge in [0.2, 0.25) is 10.0 Å². The molecule has 2 aromatic rings. The van der Waals surface area contributed by atoms with E-state index in [0.717, 1.165) is 24.0 Å². The molecule has 0 bridgehead atoms. The van der Waals surface area contributed by atoms with Crippen LogP contribution in [-0.4, -0.2) is 27.1 Å². The number of rotatable bonds is 4. The molecule has 2 aromatic carbocycles. The Labute approximate surface area is 154 Å². The van der Waals surface area contributed by atoms with Gasteiger partial charge in [0, 0.05) is 18.7 Å². The van der Waals surface area contributed by atoms with E-state index in [1.807, 2.05) is 0 Å². The van der Waals surface area contributed by atoms with E-state index in [4.69, 9.17) is 0 Å². The molecule has 3 rings (SSSR count). The van der Waals surface area contributed by atoms with Crippen LogP contribution in [0.1, 0.15) is 27.0 Å². The number of hydrogen-bond donors (Lipinski definition) is 1. The molecule has 0 atom stereocenters. The molecule has 1 amide bonds. The van der Waals surface area contributed by atoms with Crippen molar-refractivity contribution in [1.29, 1.82) is 0 Å². The van der Waals surface area contributed by atoms with Crippen molar-refractivity contribution in [1.82, 2.24) is 5.32 Å². The Kier molecular flexibility index (Phi) is 4.90. The molecule has 0 fully saturated rings. The SMILES string of the molecule is CS(=O)(=O)N1CCc2cc(C(=O)NCc3cccc(C(F)(F)F)c3)ccc21. The molecule has 144 valence electrons. The van der Waals surface area contributed by atoms with Crippen LogP contribution in [0.3, 0.4) is 0 Å². The lowest BCUT2D eigenvalue weighted by atomic mass is 10.1. The van der Waals surface area contributed by atoms with Gasteiger partial charge < -0.3 is 5.32 Å². The fourth-order valence-corrected chi connectivity index (χ4v) is 3.96. The summed E-state index contributed by atoms with van der Waals surface area (Å²) in [6.45, 7) is 0.277. The third-order valence-electron chi connectivity index (χ3n) is 4.30. The number of sulfonamides is 1. The summed E-state index contributed by atoms with van der Waals surface area (Å²) in [4.78, 5) is 12.3. The van der Waals surface area contributed by atoms with Crippen LogP contribution >= 0.6 is 0 Å². The van der Waals surface area contributed by atoms with Crippen LogP contribution < -0.4 is 9.62 Å².